The van der Waals surface area contributed by atoms with Crippen molar-refractivity contribution in [1.29, 1.82) is 0 Å². The van der Waals surface area contributed by atoms with Crippen LogP contribution in [0.4, 0.5) is 0 Å². The van der Waals surface area contributed by atoms with Crippen LogP contribution in [0.3, 0.4) is 0 Å². The number of aromatic nitrogens is 2. The van der Waals surface area contributed by atoms with Gasteiger partial charge >= 0.3 is 16.8 Å². The Morgan fingerprint density at radius 3 is 2.54 bits per heavy atom. The zero-order chi connectivity index (χ0) is 14.5. The van der Waals surface area contributed by atoms with Gasteiger partial charge in [0.05, 0.1) is 18.3 Å². The number of aliphatic imine (C=N–C) groups is 1. The Bertz CT molecular complexity index is 635. The van der Waals surface area contributed by atoms with E-state index >= 15 is 0 Å². The number of H-pyrrole nitrogens is 1. The molecule has 1 aromatic carbocycles. The van der Waals surface area contributed by atoms with E-state index in [4.69, 9.17) is 5.11 Å². The Balaban J connectivity index is -0.00000110. The quantitative estimate of drug-likeness (QED) is 0.498. The molecule has 1 atom stereocenters. The fourth-order valence-corrected chi connectivity index (χ4v) is 1.60. The number of imidazole rings is 1. The molecule has 8 N–H and O–H groups in total. The molecule has 0 saturated heterocycles. The van der Waals surface area contributed by atoms with Crippen LogP contribution in [0.2, 0.25) is 0 Å². The van der Waals surface area contributed by atoms with Gasteiger partial charge in [-0.15, -0.1) is 0 Å². The van der Waals surface area contributed by atoms with Crippen molar-refractivity contribution >= 4 is 12.2 Å². The molecule has 0 fully saturated rings. The van der Waals surface area contributed by atoms with Crippen molar-refractivity contribution < 1.29 is 53.3 Å². The fraction of sp³-hybridized carbons (Fsp3) is 0.154. The van der Waals surface area contributed by atoms with E-state index in [1.165, 1.54) is 30.9 Å². The summed E-state index contributed by atoms with van der Waals surface area (Å²) in [6, 6.07) is 2.60. The standard InChI is InChI=1S/C13H13N3O4.Co.3H2O/c17-10-2-1-8(12(18)4-10)5-15-11(13(19)20)3-9-6-14-7-16-9;;;;/h1-2,4-7,11,17-18H,3H2,(H,14,16)(H,19,20);;3*1H2/q;+2;;;/p-2/t11-;;;;/m0..../s1. The van der Waals surface area contributed by atoms with Crippen LogP contribution in [0.1, 0.15) is 11.3 Å². The maximum absolute atomic E-state index is 11.5. The second-order valence-electron chi connectivity index (χ2n) is 4.12. The number of phenols is 1. The van der Waals surface area contributed by atoms with E-state index < -0.39 is 17.8 Å². The average Bonchev–Trinajstić information content (AvgIpc) is 2.88. The first-order valence-corrected chi connectivity index (χ1v) is 5.77. The van der Waals surface area contributed by atoms with Gasteiger partial charge in [-0.25, -0.2) is 4.98 Å². The summed E-state index contributed by atoms with van der Waals surface area (Å²) in [5, 5.41) is 31.6. The van der Waals surface area contributed by atoms with Crippen molar-refractivity contribution in [3.63, 3.8) is 0 Å². The Morgan fingerprint density at radius 2 is 2.04 bits per heavy atom. The molecule has 24 heavy (non-hydrogen) atoms. The van der Waals surface area contributed by atoms with E-state index in [-0.39, 0.29) is 50.9 Å². The second kappa shape index (κ2) is 12.0. The smallest absolute Gasteiger partial charge is 0.872 e. The summed E-state index contributed by atoms with van der Waals surface area (Å²) >= 11 is 0. The van der Waals surface area contributed by atoms with Crippen LogP contribution in [0.5, 0.6) is 11.5 Å². The molecule has 135 valence electrons. The predicted molar refractivity (Wildman–Crippen MR) is 77.1 cm³/mol. The summed E-state index contributed by atoms with van der Waals surface area (Å²) in [6.45, 7) is 0. The van der Waals surface area contributed by atoms with Crippen LogP contribution in [0, 0.1) is 0 Å². The summed E-state index contributed by atoms with van der Waals surface area (Å²) in [6.07, 6.45) is 4.18. The average molecular weight is 386 g/mol. The number of hydrogen-bond acceptors (Lipinski definition) is 6. The first-order chi connectivity index (χ1) is 9.56. The van der Waals surface area contributed by atoms with Crippen molar-refractivity contribution in [2.45, 2.75) is 12.5 Å². The topological polar surface area (TPSA) is 219 Å². The number of nitrogens with one attached hydrogen (secondary N) is 1. The number of nitrogens with zero attached hydrogens (tertiary/aromatic N) is 2. The number of aliphatic carboxylic acids is 1. The van der Waals surface area contributed by atoms with Crippen molar-refractivity contribution in [3.05, 3.63) is 42.0 Å². The van der Waals surface area contributed by atoms with Gasteiger partial charge in [-0.1, -0.05) is 11.8 Å². The summed E-state index contributed by atoms with van der Waals surface area (Å²) in [4.78, 5) is 21.4. The van der Waals surface area contributed by atoms with E-state index in [0.29, 0.717) is 5.69 Å². The number of carbonyl (C=O) groups is 1. The van der Waals surface area contributed by atoms with Gasteiger partial charge in [0.1, 0.15) is 5.75 Å². The van der Waals surface area contributed by atoms with Gasteiger partial charge in [-0.3, -0.25) is 4.99 Å². The Labute approximate surface area is 147 Å². The van der Waals surface area contributed by atoms with E-state index in [2.05, 4.69) is 15.0 Å². The monoisotopic (exact) mass is 386 g/mol. The zero-order valence-electron chi connectivity index (χ0n) is 12.1. The van der Waals surface area contributed by atoms with E-state index in [9.17, 15) is 15.0 Å². The minimum Gasteiger partial charge on any atom is -0.872 e. The second-order valence-corrected chi connectivity index (χ2v) is 4.12. The van der Waals surface area contributed by atoms with Crippen molar-refractivity contribution in [3.8, 4) is 11.5 Å². The Morgan fingerprint density at radius 1 is 1.38 bits per heavy atom. The third-order valence-electron chi connectivity index (χ3n) is 2.63. The number of benzene rings is 1. The fourth-order valence-electron chi connectivity index (χ4n) is 1.60. The molecule has 1 radical (unpaired) electrons. The molecule has 2 aromatic rings. The number of rotatable bonds is 5. The van der Waals surface area contributed by atoms with Gasteiger partial charge in [-0.2, -0.15) is 0 Å². The summed E-state index contributed by atoms with van der Waals surface area (Å²) < 4.78 is 0. The minimum atomic E-state index is -1.35. The minimum absolute atomic E-state index is 0. The zero-order valence-corrected chi connectivity index (χ0v) is 13.2. The number of aromatic amines is 1. The summed E-state index contributed by atoms with van der Waals surface area (Å²) in [7, 11) is 0. The van der Waals surface area contributed by atoms with Crippen LogP contribution >= 0.6 is 0 Å². The van der Waals surface area contributed by atoms with E-state index in [0.717, 1.165) is 6.07 Å². The summed E-state index contributed by atoms with van der Waals surface area (Å²) in [5.74, 6) is -1.93. The van der Waals surface area contributed by atoms with Gasteiger partial charge in [0.15, 0.2) is 0 Å². The van der Waals surface area contributed by atoms with E-state index in [1.54, 1.807) is 0 Å². The number of phenolic OH excluding ortho intramolecular Hbond substituents is 1. The van der Waals surface area contributed by atoms with Crippen LogP contribution in [0.15, 0.2) is 35.7 Å². The van der Waals surface area contributed by atoms with Gasteiger partial charge in [0.25, 0.3) is 0 Å². The molecule has 0 aliphatic carbocycles. The van der Waals surface area contributed by atoms with Gasteiger partial charge in [0, 0.05) is 24.5 Å². The number of carboxylic acid groups (broad SMARTS) is 1. The van der Waals surface area contributed by atoms with Crippen LogP contribution in [-0.2, 0) is 28.0 Å². The number of carboxylic acids is 1. The Hall–Kier alpha value is -2.44. The molecule has 0 spiro atoms. The maximum Gasteiger partial charge on any atom is 2.00 e. The molecule has 1 aromatic heterocycles. The van der Waals surface area contributed by atoms with Gasteiger partial charge < -0.3 is 41.5 Å². The van der Waals surface area contributed by atoms with Crippen LogP contribution < -0.4 is 10.2 Å². The van der Waals surface area contributed by atoms with Crippen molar-refractivity contribution in [2.24, 2.45) is 4.99 Å². The van der Waals surface area contributed by atoms with Gasteiger partial charge in [0.2, 0.25) is 0 Å². The molecule has 11 heteroatoms. The first-order valence-electron chi connectivity index (χ1n) is 5.77. The number of carbonyl (C=O) groups excluding carboxylic acids is 1. The van der Waals surface area contributed by atoms with Crippen molar-refractivity contribution in [2.75, 3.05) is 0 Å². The Kier molecular flexibility index (Phi) is 13.3. The maximum atomic E-state index is 11.5. The molecule has 0 aliphatic rings. The van der Waals surface area contributed by atoms with Crippen molar-refractivity contribution in [1.82, 2.24) is 9.97 Å². The van der Waals surface area contributed by atoms with Crippen LogP contribution in [0.25, 0.3) is 0 Å². The molecule has 2 rings (SSSR count). The SMILES string of the molecule is O.O.O.O=C([O-])[C@H](Cc1cnc[nH]1)N=Cc1ccc(O)cc1[O-].[Co+2]. The third-order valence-corrected chi connectivity index (χ3v) is 2.63. The number of aromatic hydroxyl groups is 1. The molecule has 0 saturated carbocycles. The molecule has 0 bridgehead atoms. The van der Waals surface area contributed by atoms with E-state index in [1.807, 2.05) is 0 Å². The predicted octanol–water partition coefficient (Wildman–Crippen LogP) is -3.51. The molecule has 0 amide bonds. The normalized spacial score (nSPS) is 10.5. The molecule has 1 heterocycles. The molecular weight excluding hydrogens is 369 g/mol. The molecule has 0 aliphatic heterocycles. The first kappa shape index (κ1) is 26.5. The molecule has 0 unspecified atom stereocenters. The molecule has 10 nitrogen and oxygen atoms in total. The van der Waals surface area contributed by atoms with Crippen LogP contribution in [-0.4, -0.2) is 49.7 Å². The largest absolute Gasteiger partial charge is 2.00 e. The molecular formula is C13H17CoN3O7. The van der Waals surface area contributed by atoms with Gasteiger partial charge in [-0.05, 0) is 17.7 Å². The third kappa shape index (κ3) is 7.21. The summed E-state index contributed by atoms with van der Waals surface area (Å²) in [5.41, 5.74) is 0.795. The number of hydrogen-bond donors (Lipinski definition) is 2.